The lowest BCUT2D eigenvalue weighted by molar-refractivity contribution is -0.118. The van der Waals surface area contributed by atoms with E-state index in [1.165, 1.54) is 5.56 Å². The molecule has 5 nitrogen and oxygen atoms in total. The maximum atomic E-state index is 12.1. The molecule has 4 N–H and O–H groups in total. The molecule has 0 saturated heterocycles. The number of rotatable bonds is 5. The number of carbonyl (C=O) groups is 2. The summed E-state index contributed by atoms with van der Waals surface area (Å²) < 4.78 is 0. The molecule has 2 amide bonds. The van der Waals surface area contributed by atoms with Gasteiger partial charge in [-0.25, -0.2) is 0 Å². The second kappa shape index (κ2) is 6.22. The average Bonchev–Trinajstić information content (AvgIpc) is 2.42. The molecule has 5 heteroatoms. The molecular formula is C14H19N3O2. The lowest BCUT2D eigenvalue weighted by atomic mass is 9.99. The molecular weight excluding hydrogens is 242 g/mol. The summed E-state index contributed by atoms with van der Waals surface area (Å²) in [5, 5.41) is 6.10. The third-order valence-electron chi connectivity index (χ3n) is 3.21. The van der Waals surface area contributed by atoms with E-state index >= 15 is 0 Å². The number of aryl methyl sites for hydroxylation is 1. The van der Waals surface area contributed by atoms with Crippen molar-refractivity contribution in [1.82, 2.24) is 5.32 Å². The van der Waals surface area contributed by atoms with Gasteiger partial charge in [0.25, 0.3) is 5.91 Å². The smallest absolute Gasteiger partial charge is 0.253 e. The Labute approximate surface area is 112 Å². The van der Waals surface area contributed by atoms with E-state index in [1.807, 2.05) is 18.2 Å². The number of anilines is 1. The van der Waals surface area contributed by atoms with Gasteiger partial charge in [0.1, 0.15) is 0 Å². The summed E-state index contributed by atoms with van der Waals surface area (Å²) in [5.41, 5.74) is 7.86. The minimum Gasteiger partial charge on any atom is -0.384 e. The van der Waals surface area contributed by atoms with Crippen molar-refractivity contribution in [3.05, 3.63) is 29.3 Å². The second-order valence-corrected chi connectivity index (χ2v) is 4.70. The van der Waals surface area contributed by atoms with Gasteiger partial charge in [0.15, 0.2) is 0 Å². The molecule has 1 aromatic carbocycles. The van der Waals surface area contributed by atoms with Crippen molar-refractivity contribution in [2.75, 3.05) is 18.4 Å². The quantitative estimate of drug-likeness (QED) is 0.692. The highest BCUT2D eigenvalue weighted by Gasteiger charge is 2.16. The van der Waals surface area contributed by atoms with Crippen molar-refractivity contribution in [2.24, 2.45) is 5.73 Å². The van der Waals surface area contributed by atoms with E-state index in [0.29, 0.717) is 24.9 Å². The minimum atomic E-state index is -0.340. The fourth-order valence-corrected chi connectivity index (χ4v) is 2.26. The molecule has 0 aromatic heterocycles. The first-order valence-corrected chi connectivity index (χ1v) is 6.61. The Kier molecular flexibility index (Phi) is 4.39. The van der Waals surface area contributed by atoms with Crippen LogP contribution in [0.15, 0.2) is 18.2 Å². The van der Waals surface area contributed by atoms with Gasteiger partial charge in [-0.1, -0.05) is 12.1 Å². The van der Waals surface area contributed by atoms with Crippen molar-refractivity contribution < 1.29 is 9.59 Å². The highest BCUT2D eigenvalue weighted by Crippen LogP contribution is 2.25. The molecule has 0 radical (unpaired) electrons. The van der Waals surface area contributed by atoms with E-state index in [2.05, 4.69) is 10.6 Å². The summed E-state index contributed by atoms with van der Waals surface area (Å²) >= 11 is 0. The van der Waals surface area contributed by atoms with Gasteiger partial charge < -0.3 is 16.4 Å². The van der Waals surface area contributed by atoms with Crippen molar-refractivity contribution in [3.8, 4) is 0 Å². The molecule has 1 aromatic rings. The molecule has 1 heterocycles. The SMILES string of the molecule is NC(=O)CCCNC(=O)c1cccc2c1NCCC2. The van der Waals surface area contributed by atoms with E-state index in [0.717, 1.165) is 25.1 Å². The number of para-hydroxylation sites is 1. The fourth-order valence-electron chi connectivity index (χ4n) is 2.26. The van der Waals surface area contributed by atoms with Crippen LogP contribution in [-0.4, -0.2) is 24.9 Å². The van der Waals surface area contributed by atoms with Gasteiger partial charge in [-0.2, -0.15) is 0 Å². The van der Waals surface area contributed by atoms with Crippen LogP contribution in [0.4, 0.5) is 5.69 Å². The zero-order valence-corrected chi connectivity index (χ0v) is 10.9. The van der Waals surface area contributed by atoms with Gasteiger partial charge in [0.2, 0.25) is 5.91 Å². The average molecular weight is 261 g/mol. The van der Waals surface area contributed by atoms with Crippen LogP contribution in [0.5, 0.6) is 0 Å². The van der Waals surface area contributed by atoms with E-state index in [1.54, 1.807) is 0 Å². The first-order chi connectivity index (χ1) is 9.18. The maximum Gasteiger partial charge on any atom is 0.253 e. The van der Waals surface area contributed by atoms with Crippen LogP contribution < -0.4 is 16.4 Å². The summed E-state index contributed by atoms with van der Waals surface area (Å²) in [6.07, 6.45) is 2.97. The van der Waals surface area contributed by atoms with Gasteiger partial charge in [-0.15, -0.1) is 0 Å². The number of hydrogen-bond donors (Lipinski definition) is 3. The molecule has 0 bridgehead atoms. The van der Waals surface area contributed by atoms with Crippen LogP contribution in [0.3, 0.4) is 0 Å². The van der Waals surface area contributed by atoms with E-state index in [-0.39, 0.29) is 11.8 Å². The van der Waals surface area contributed by atoms with Crippen LogP contribution >= 0.6 is 0 Å². The van der Waals surface area contributed by atoms with Crippen LogP contribution in [0.25, 0.3) is 0 Å². The standard InChI is InChI=1S/C14H19N3O2/c15-12(18)7-3-9-17-14(19)11-6-1-4-10-5-2-8-16-13(10)11/h1,4,6,16H,2-3,5,7-9H2,(H2,15,18)(H,17,19). The number of nitrogens with one attached hydrogen (secondary N) is 2. The maximum absolute atomic E-state index is 12.1. The predicted octanol–water partition coefficient (Wildman–Crippen LogP) is 1.04. The van der Waals surface area contributed by atoms with Gasteiger partial charge in [-0.3, -0.25) is 9.59 Å². The van der Waals surface area contributed by atoms with E-state index in [4.69, 9.17) is 5.73 Å². The summed E-state index contributed by atoms with van der Waals surface area (Å²) in [7, 11) is 0. The second-order valence-electron chi connectivity index (χ2n) is 4.70. The molecule has 1 aliphatic rings. The Morgan fingerprint density at radius 3 is 3.00 bits per heavy atom. The molecule has 0 spiro atoms. The molecule has 0 unspecified atom stereocenters. The number of primary amides is 1. The first-order valence-electron chi connectivity index (χ1n) is 6.61. The van der Waals surface area contributed by atoms with Crippen LogP contribution in [0.1, 0.15) is 35.2 Å². The molecule has 102 valence electrons. The minimum absolute atomic E-state index is 0.101. The Bertz CT molecular complexity index is 486. The van der Waals surface area contributed by atoms with Crippen molar-refractivity contribution in [3.63, 3.8) is 0 Å². The predicted molar refractivity (Wildman–Crippen MR) is 74.0 cm³/mol. The molecule has 0 atom stereocenters. The van der Waals surface area contributed by atoms with Crippen molar-refractivity contribution in [2.45, 2.75) is 25.7 Å². The van der Waals surface area contributed by atoms with Crippen LogP contribution in [0.2, 0.25) is 0 Å². The Morgan fingerprint density at radius 1 is 1.37 bits per heavy atom. The van der Waals surface area contributed by atoms with Gasteiger partial charge in [-0.05, 0) is 30.9 Å². The highest BCUT2D eigenvalue weighted by molar-refractivity contribution is 6.00. The molecule has 0 saturated carbocycles. The highest BCUT2D eigenvalue weighted by atomic mass is 16.2. The third-order valence-corrected chi connectivity index (χ3v) is 3.21. The molecule has 19 heavy (non-hydrogen) atoms. The fraction of sp³-hybridized carbons (Fsp3) is 0.429. The summed E-state index contributed by atoms with van der Waals surface area (Å²) in [6, 6.07) is 5.77. The first kappa shape index (κ1) is 13.4. The zero-order chi connectivity index (χ0) is 13.7. The number of amides is 2. The molecule has 0 fully saturated rings. The lowest BCUT2D eigenvalue weighted by Gasteiger charge is -2.20. The normalized spacial score (nSPS) is 13.3. The number of benzene rings is 1. The number of nitrogens with two attached hydrogens (primary N) is 1. The molecule has 2 rings (SSSR count). The Balaban J connectivity index is 1.97. The van der Waals surface area contributed by atoms with Gasteiger partial charge in [0, 0.05) is 19.5 Å². The van der Waals surface area contributed by atoms with Crippen LogP contribution in [-0.2, 0) is 11.2 Å². The largest absolute Gasteiger partial charge is 0.384 e. The lowest BCUT2D eigenvalue weighted by Crippen LogP contribution is -2.27. The summed E-state index contributed by atoms with van der Waals surface area (Å²) in [5.74, 6) is -0.441. The summed E-state index contributed by atoms with van der Waals surface area (Å²) in [4.78, 5) is 22.7. The van der Waals surface area contributed by atoms with E-state index < -0.39 is 0 Å². The third kappa shape index (κ3) is 3.47. The number of hydrogen-bond acceptors (Lipinski definition) is 3. The molecule has 1 aliphatic heterocycles. The van der Waals surface area contributed by atoms with Crippen molar-refractivity contribution in [1.29, 1.82) is 0 Å². The summed E-state index contributed by atoms with van der Waals surface area (Å²) in [6.45, 7) is 1.37. The van der Waals surface area contributed by atoms with E-state index in [9.17, 15) is 9.59 Å². The monoisotopic (exact) mass is 261 g/mol. The van der Waals surface area contributed by atoms with Crippen LogP contribution in [0, 0.1) is 0 Å². The number of fused-ring (bicyclic) bond motifs is 1. The Morgan fingerprint density at radius 2 is 2.21 bits per heavy atom. The molecule has 0 aliphatic carbocycles. The van der Waals surface area contributed by atoms with Crippen molar-refractivity contribution >= 4 is 17.5 Å². The zero-order valence-electron chi connectivity index (χ0n) is 10.9. The number of carbonyl (C=O) groups excluding carboxylic acids is 2. The Hall–Kier alpha value is -2.04. The van der Waals surface area contributed by atoms with Gasteiger partial charge >= 0.3 is 0 Å². The van der Waals surface area contributed by atoms with Gasteiger partial charge in [0.05, 0.1) is 11.3 Å². The topological polar surface area (TPSA) is 84.2 Å².